The average Bonchev–Trinajstić information content (AvgIpc) is 2.26. The first-order valence-corrected chi connectivity index (χ1v) is 6.15. The van der Waals surface area contributed by atoms with E-state index in [1.54, 1.807) is 21.0 Å². The highest BCUT2D eigenvalue weighted by molar-refractivity contribution is 5.97. The van der Waals surface area contributed by atoms with Crippen molar-refractivity contribution in [2.45, 2.75) is 26.0 Å². The molecule has 0 fully saturated rings. The van der Waals surface area contributed by atoms with E-state index in [0.717, 1.165) is 5.56 Å². The maximum atomic E-state index is 9.78. The number of likely N-dealkylation sites (N-methyl/N-ethyl adjacent to an activating group) is 1. The maximum Gasteiger partial charge on any atom is 0.129 e. The summed E-state index contributed by atoms with van der Waals surface area (Å²) in [7, 11) is 3.50. The van der Waals surface area contributed by atoms with Gasteiger partial charge in [-0.1, -0.05) is 6.07 Å². The molecule has 5 heteroatoms. The Hall–Kier alpha value is -1.59. The lowest BCUT2D eigenvalue weighted by Gasteiger charge is -2.25. The Morgan fingerprint density at radius 2 is 2.11 bits per heavy atom. The van der Waals surface area contributed by atoms with Crippen molar-refractivity contribution < 1.29 is 9.84 Å². The summed E-state index contributed by atoms with van der Waals surface area (Å²) in [6, 6.07) is 5.60. The topological polar surface area (TPSA) is 82.6 Å². The van der Waals surface area contributed by atoms with Crippen LogP contribution in [0.2, 0.25) is 0 Å². The minimum atomic E-state index is -0.732. The molecule has 106 valence electrons. The monoisotopic (exact) mass is 265 g/mol. The molecule has 0 spiro atoms. The minimum Gasteiger partial charge on any atom is -0.496 e. The number of hydrogen-bond acceptors (Lipinski definition) is 4. The number of nitrogen functional groups attached to an aromatic ring is 1. The van der Waals surface area contributed by atoms with Crippen LogP contribution >= 0.6 is 0 Å². The largest absolute Gasteiger partial charge is 0.496 e. The Kier molecular flexibility index (Phi) is 4.91. The smallest absolute Gasteiger partial charge is 0.129 e. The van der Waals surface area contributed by atoms with Crippen molar-refractivity contribution in [1.29, 1.82) is 5.41 Å². The molecule has 0 unspecified atom stereocenters. The summed E-state index contributed by atoms with van der Waals surface area (Å²) in [4.78, 5) is 2.02. The molecule has 0 bridgehead atoms. The molecule has 0 aliphatic carbocycles. The summed E-state index contributed by atoms with van der Waals surface area (Å²) < 4.78 is 5.17. The van der Waals surface area contributed by atoms with E-state index >= 15 is 0 Å². The number of benzene rings is 1. The third-order valence-electron chi connectivity index (χ3n) is 2.66. The van der Waals surface area contributed by atoms with Crippen molar-refractivity contribution in [1.82, 2.24) is 4.90 Å². The van der Waals surface area contributed by atoms with Crippen LogP contribution in [0.25, 0.3) is 0 Å². The van der Waals surface area contributed by atoms with Crippen LogP contribution in [0.3, 0.4) is 0 Å². The number of nitrogens with one attached hydrogen (secondary N) is 1. The minimum absolute atomic E-state index is 0.0103. The van der Waals surface area contributed by atoms with Gasteiger partial charge in [0.2, 0.25) is 0 Å². The molecule has 0 amide bonds. The fourth-order valence-corrected chi connectivity index (χ4v) is 2.09. The highest BCUT2D eigenvalue weighted by Gasteiger charge is 2.16. The number of nitrogens with zero attached hydrogens (tertiary/aromatic N) is 1. The maximum absolute atomic E-state index is 9.78. The second kappa shape index (κ2) is 6.04. The molecule has 1 aromatic rings. The molecule has 0 radical (unpaired) electrons. The fraction of sp³-hybridized carbons (Fsp3) is 0.500. The molecule has 1 rings (SSSR count). The molecule has 4 N–H and O–H groups in total. The summed E-state index contributed by atoms with van der Waals surface area (Å²) in [5, 5.41) is 17.3. The van der Waals surface area contributed by atoms with Gasteiger partial charge in [0.15, 0.2) is 0 Å². The molecule has 0 aromatic heterocycles. The number of hydrogen-bond donors (Lipinski definition) is 3. The van der Waals surface area contributed by atoms with Gasteiger partial charge in [0.05, 0.1) is 18.3 Å². The van der Waals surface area contributed by atoms with Crippen molar-refractivity contribution in [3.8, 4) is 5.75 Å². The van der Waals surface area contributed by atoms with Crippen LogP contribution in [0, 0.1) is 5.41 Å². The van der Waals surface area contributed by atoms with Crippen molar-refractivity contribution in [3.05, 3.63) is 29.3 Å². The van der Waals surface area contributed by atoms with Crippen LogP contribution in [0.5, 0.6) is 5.75 Å². The zero-order valence-electron chi connectivity index (χ0n) is 12.0. The van der Waals surface area contributed by atoms with Gasteiger partial charge in [-0.25, -0.2) is 0 Å². The van der Waals surface area contributed by atoms with Gasteiger partial charge in [-0.05, 0) is 38.6 Å². The normalized spacial score (nSPS) is 11.7. The molecule has 0 atom stereocenters. The Bertz CT molecular complexity index is 452. The summed E-state index contributed by atoms with van der Waals surface area (Å²) in [5.74, 6) is 0.588. The van der Waals surface area contributed by atoms with Gasteiger partial charge >= 0.3 is 0 Å². The Morgan fingerprint density at radius 3 is 2.58 bits per heavy atom. The number of ether oxygens (including phenoxy) is 1. The van der Waals surface area contributed by atoms with E-state index < -0.39 is 5.60 Å². The van der Waals surface area contributed by atoms with Gasteiger partial charge < -0.3 is 15.6 Å². The molecule has 1 aromatic carbocycles. The number of nitrogens with two attached hydrogens (primary N) is 1. The lowest BCUT2D eigenvalue weighted by Crippen LogP contribution is -2.35. The molecule has 0 heterocycles. The van der Waals surface area contributed by atoms with Crippen LogP contribution in [0.1, 0.15) is 25.0 Å². The highest BCUT2D eigenvalue weighted by Crippen LogP contribution is 2.20. The predicted octanol–water partition coefficient (Wildman–Crippen LogP) is 1.18. The van der Waals surface area contributed by atoms with Gasteiger partial charge in [-0.15, -0.1) is 0 Å². The van der Waals surface area contributed by atoms with Crippen LogP contribution in [-0.4, -0.2) is 42.1 Å². The Balaban J connectivity index is 2.85. The first-order valence-electron chi connectivity index (χ1n) is 6.15. The number of rotatable bonds is 6. The standard InChI is InChI=1S/C14H23N3O2/c1-14(2,18)9-17(3)8-10-5-6-12(19-4)11(7-10)13(15)16/h5-7,18H,8-9H2,1-4H3,(H3,15,16). The fourth-order valence-electron chi connectivity index (χ4n) is 2.09. The summed E-state index contributed by atoms with van der Waals surface area (Å²) >= 11 is 0. The third-order valence-corrected chi connectivity index (χ3v) is 2.66. The van der Waals surface area contributed by atoms with Gasteiger partial charge in [0, 0.05) is 13.1 Å². The van der Waals surface area contributed by atoms with Gasteiger partial charge in [-0.2, -0.15) is 0 Å². The van der Waals surface area contributed by atoms with Gasteiger partial charge in [-0.3, -0.25) is 10.3 Å². The van der Waals surface area contributed by atoms with Crippen LogP contribution < -0.4 is 10.5 Å². The molecule has 0 aliphatic heterocycles. The lowest BCUT2D eigenvalue weighted by molar-refractivity contribution is 0.0425. The molecule has 0 saturated carbocycles. The first kappa shape index (κ1) is 15.5. The molecule has 0 saturated heterocycles. The average molecular weight is 265 g/mol. The number of aliphatic hydroxyl groups is 1. The second-order valence-electron chi connectivity index (χ2n) is 5.43. The molecule has 5 nitrogen and oxygen atoms in total. The summed E-state index contributed by atoms with van der Waals surface area (Å²) in [6.07, 6.45) is 0. The Morgan fingerprint density at radius 1 is 1.47 bits per heavy atom. The van der Waals surface area contributed by atoms with Crippen LogP contribution in [-0.2, 0) is 6.54 Å². The van der Waals surface area contributed by atoms with Crippen molar-refractivity contribution in [2.75, 3.05) is 20.7 Å². The van der Waals surface area contributed by atoms with E-state index in [0.29, 0.717) is 24.4 Å². The predicted molar refractivity (Wildman–Crippen MR) is 76.6 cm³/mol. The highest BCUT2D eigenvalue weighted by atomic mass is 16.5. The molecule has 19 heavy (non-hydrogen) atoms. The Labute approximate surface area is 114 Å². The molecular formula is C14H23N3O2. The van der Waals surface area contributed by atoms with Gasteiger partial charge in [0.1, 0.15) is 11.6 Å². The van der Waals surface area contributed by atoms with Crippen molar-refractivity contribution in [3.63, 3.8) is 0 Å². The molecular weight excluding hydrogens is 242 g/mol. The van der Waals surface area contributed by atoms with E-state index in [4.69, 9.17) is 15.9 Å². The van der Waals surface area contributed by atoms with Crippen LogP contribution in [0.15, 0.2) is 18.2 Å². The zero-order chi connectivity index (χ0) is 14.6. The van der Waals surface area contributed by atoms with Crippen molar-refractivity contribution in [2.24, 2.45) is 5.73 Å². The second-order valence-corrected chi connectivity index (χ2v) is 5.43. The summed E-state index contributed by atoms with van der Waals surface area (Å²) in [5.41, 5.74) is 6.43. The van der Waals surface area contributed by atoms with Crippen molar-refractivity contribution >= 4 is 5.84 Å². The lowest BCUT2D eigenvalue weighted by atomic mass is 10.1. The quantitative estimate of drug-likeness (QED) is 0.533. The van der Waals surface area contributed by atoms with Gasteiger partial charge in [0.25, 0.3) is 0 Å². The third kappa shape index (κ3) is 4.89. The summed E-state index contributed by atoms with van der Waals surface area (Å²) in [6.45, 7) is 4.79. The van der Waals surface area contributed by atoms with E-state index in [9.17, 15) is 5.11 Å². The van der Waals surface area contributed by atoms with E-state index in [1.807, 2.05) is 30.1 Å². The number of amidine groups is 1. The number of methoxy groups -OCH3 is 1. The first-order chi connectivity index (χ1) is 8.73. The van der Waals surface area contributed by atoms with E-state index in [1.165, 1.54) is 0 Å². The van der Waals surface area contributed by atoms with Crippen LogP contribution in [0.4, 0.5) is 0 Å². The van der Waals surface area contributed by atoms with E-state index in [2.05, 4.69) is 0 Å². The van der Waals surface area contributed by atoms with E-state index in [-0.39, 0.29) is 5.84 Å². The SMILES string of the molecule is COc1ccc(CN(C)CC(C)(C)O)cc1C(=N)N. The molecule has 0 aliphatic rings. The zero-order valence-corrected chi connectivity index (χ0v) is 12.0.